The minimum atomic E-state index is 0. The smallest absolute Gasteiger partial charge is 0.00773 e. The van der Waals surface area contributed by atoms with Crippen LogP contribution in [-0.4, -0.2) is 6.54 Å². The summed E-state index contributed by atoms with van der Waals surface area (Å²) in [6, 6.07) is 0. The van der Waals surface area contributed by atoms with E-state index in [4.69, 9.17) is 5.73 Å². The number of nitrogens with two attached hydrogens (primary N) is 1. The molecule has 0 aromatic heterocycles. The van der Waals surface area contributed by atoms with Gasteiger partial charge in [-0.15, -0.1) is 0 Å². The van der Waals surface area contributed by atoms with Gasteiger partial charge >= 0.3 is 0 Å². The quantitative estimate of drug-likeness (QED) is 0.414. The molecule has 1 nitrogen and oxygen atoms in total. The first-order chi connectivity index (χ1) is 7.91. The second kappa shape index (κ2) is 18.3. The maximum atomic E-state index is 5.46. The van der Waals surface area contributed by atoms with E-state index >= 15 is 0 Å². The second-order valence-corrected chi connectivity index (χ2v) is 5.03. The third kappa shape index (κ3) is 18.5. The molecule has 0 radical (unpaired) electrons. The molecular weight excluding hydrogens is 206 g/mol. The lowest BCUT2D eigenvalue weighted by Gasteiger charge is -2.02. The normalized spacial score (nSPS) is 10.2. The van der Waals surface area contributed by atoms with Crippen molar-refractivity contribution in [2.45, 2.75) is 97.8 Å². The summed E-state index contributed by atoms with van der Waals surface area (Å²) in [4.78, 5) is 0. The molecule has 0 spiro atoms. The van der Waals surface area contributed by atoms with E-state index in [1.807, 2.05) is 0 Å². The average molecular weight is 243 g/mol. The minimum Gasteiger partial charge on any atom is -0.330 e. The van der Waals surface area contributed by atoms with E-state index < -0.39 is 0 Å². The predicted molar refractivity (Wildman–Crippen MR) is 81.5 cm³/mol. The lowest BCUT2D eigenvalue weighted by molar-refractivity contribution is 0.540. The summed E-state index contributed by atoms with van der Waals surface area (Å²) in [5.74, 6) is 0. The highest BCUT2D eigenvalue weighted by Crippen LogP contribution is 2.12. The Morgan fingerprint density at radius 1 is 0.529 bits per heavy atom. The lowest BCUT2D eigenvalue weighted by Crippen LogP contribution is -1.97. The highest BCUT2D eigenvalue weighted by molar-refractivity contribution is 4.48. The van der Waals surface area contributed by atoms with Gasteiger partial charge in [-0.05, 0) is 13.0 Å². The van der Waals surface area contributed by atoms with Crippen LogP contribution in [-0.2, 0) is 0 Å². The van der Waals surface area contributed by atoms with Crippen molar-refractivity contribution in [2.24, 2.45) is 5.73 Å². The molecule has 0 aromatic carbocycles. The summed E-state index contributed by atoms with van der Waals surface area (Å²) in [6.45, 7) is 3.16. The molecule has 0 atom stereocenters. The van der Waals surface area contributed by atoms with Gasteiger partial charge in [0.25, 0.3) is 0 Å². The zero-order valence-electron chi connectivity index (χ0n) is 11.5. The highest BCUT2D eigenvalue weighted by atomic mass is 14.5. The van der Waals surface area contributed by atoms with Gasteiger partial charge < -0.3 is 5.73 Å². The van der Waals surface area contributed by atoms with Gasteiger partial charge in [-0.2, -0.15) is 0 Å². The van der Waals surface area contributed by atoms with Gasteiger partial charge in [0, 0.05) is 0 Å². The van der Waals surface area contributed by atoms with E-state index in [0.717, 1.165) is 6.54 Å². The highest BCUT2D eigenvalue weighted by Gasteiger charge is 1.92. The topological polar surface area (TPSA) is 26.0 Å². The molecule has 1 heteroatoms. The first kappa shape index (κ1) is 19.3. The van der Waals surface area contributed by atoms with Crippen LogP contribution < -0.4 is 5.73 Å². The maximum absolute atomic E-state index is 5.46. The molecule has 0 heterocycles. The van der Waals surface area contributed by atoms with Crippen molar-refractivity contribution in [2.75, 3.05) is 6.54 Å². The van der Waals surface area contributed by atoms with Crippen LogP contribution in [0.4, 0.5) is 0 Å². The van der Waals surface area contributed by atoms with Crippen molar-refractivity contribution in [3.05, 3.63) is 0 Å². The molecule has 0 bridgehead atoms. The molecule has 0 saturated carbocycles. The number of rotatable bonds is 13. The van der Waals surface area contributed by atoms with Crippen LogP contribution in [0.15, 0.2) is 0 Å². The molecule has 0 saturated heterocycles. The third-order valence-corrected chi connectivity index (χ3v) is 3.31. The molecule has 0 unspecified atom stereocenters. The Bertz CT molecular complexity index is 98.1. The van der Waals surface area contributed by atoms with Gasteiger partial charge in [0.2, 0.25) is 0 Å². The predicted octanol–water partition coefficient (Wildman–Crippen LogP) is 5.67. The average Bonchev–Trinajstić information content (AvgIpc) is 2.31. The van der Waals surface area contributed by atoms with Crippen LogP contribution in [0.2, 0.25) is 0 Å². The minimum absolute atomic E-state index is 0. The van der Waals surface area contributed by atoms with E-state index in [2.05, 4.69) is 6.92 Å². The van der Waals surface area contributed by atoms with Crippen LogP contribution in [0.3, 0.4) is 0 Å². The van der Waals surface area contributed by atoms with Gasteiger partial charge in [-0.25, -0.2) is 0 Å². The summed E-state index contributed by atoms with van der Waals surface area (Å²) in [6.07, 6.45) is 18.4. The summed E-state index contributed by atoms with van der Waals surface area (Å²) < 4.78 is 0. The molecule has 0 amide bonds. The van der Waals surface area contributed by atoms with Crippen molar-refractivity contribution in [3.8, 4) is 0 Å². The summed E-state index contributed by atoms with van der Waals surface area (Å²) in [5, 5.41) is 0. The Hall–Kier alpha value is -0.0400. The van der Waals surface area contributed by atoms with E-state index in [1.54, 1.807) is 0 Å². The number of hydrogen-bond acceptors (Lipinski definition) is 1. The molecule has 106 valence electrons. The fourth-order valence-electron chi connectivity index (χ4n) is 2.16. The van der Waals surface area contributed by atoms with Crippen LogP contribution in [0, 0.1) is 0 Å². The van der Waals surface area contributed by atoms with Gasteiger partial charge in [-0.3, -0.25) is 0 Å². The molecule has 0 rings (SSSR count). The molecule has 2 N–H and O–H groups in total. The summed E-state index contributed by atoms with van der Waals surface area (Å²) in [7, 11) is 0. The fraction of sp³-hybridized carbons (Fsp3) is 1.00. The van der Waals surface area contributed by atoms with E-state index in [0.29, 0.717) is 0 Å². The molecule has 17 heavy (non-hydrogen) atoms. The Morgan fingerprint density at radius 3 is 1.12 bits per heavy atom. The zero-order chi connectivity index (χ0) is 11.9. The van der Waals surface area contributed by atoms with Gasteiger partial charge in [0.05, 0.1) is 0 Å². The largest absolute Gasteiger partial charge is 0.330 e. The summed E-state index contributed by atoms with van der Waals surface area (Å²) >= 11 is 0. The molecule has 0 aliphatic heterocycles. The molecule has 0 fully saturated rings. The van der Waals surface area contributed by atoms with E-state index in [9.17, 15) is 0 Å². The van der Waals surface area contributed by atoms with Crippen molar-refractivity contribution in [3.63, 3.8) is 0 Å². The summed E-state index contributed by atoms with van der Waals surface area (Å²) in [5.41, 5.74) is 5.46. The SMILES string of the molecule is C.CCCCCCCCCCCCCCCN. The molecule has 0 aliphatic carbocycles. The van der Waals surface area contributed by atoms with Gasteiger partial charge in [0.1, 0.15) is 0 Å². The van der Waals surface area contributed by atoms with E-state index in [-0.39, 0.29) is 7.43 Å². The van der Waals surface area contributed by atoms with E-state index in [1.165, 1.54) is 83.5 Å². The van der Waals surface area contributed by atoms with Crippen molar-refractivity contribution in [1.29, 1.82) is 0 Å². The Kier molecular flexibility index (Phi) is 20.8. The van der Waals surface area contributed by atoms with Gasteiger partial charge in [-0.1, -0.05) is 91.4 Å². The standard InChI is InChI=1S/C15H33N.CH4/c1-2-3-4-5-6-7-8-9-10-11-12-13-14-15-16;/h2-16H2,1H3;1H4. The maximum Gasteiger partial charge on any atom is -0.00773 e. The zero-order valence-corrected chi connectivity index (χ0v) is 11.5. The van der Waals surface area contributed by atoms with Crippen LogP contribution in [0.25, 0.3) is 0 Å². The second-order valence-electron chi connectivity index (χ2n) is 5.03. The Labute approximate surface area is 111 Å². The Balaban J connectivity index is 0. The number of unbranched alkanes of at least 4 members (excludes halogenated alkanes) is 12. The van der Waals surface area contributed by atoms with Crippen LogP contribution >= 0.6 is 0 Å². The number of hydrogen-bond donors (Lipinski definition) is 1. The fourth-order valence-corrected chi connectivity index (χ4v) is 2.16. The third-order valence-electron chi connectivity index (χ3n) is 3.31. The molecule has 0 aliphatic rings. The Morgan fingerprint density at radius 2 is 0.824 bits per heavy atom. The first-order valence-electron chi connectivity index (χ1n) is 7.62. The molecular formula is C16H37N. The van der Waals surface area contributed by atoms with Crippen molar-refractivity contribution >= 4 is 0 Å². The van der Waals surface area contributed by atoms with Crippen LogP contribution in [0.5, 0.6) is 0 Å². The molecule has 0 aromatic rings. The van der Waals surface area contributed by atoms with Crippen molar-refractivity contribution in [1.82, 2.24) is 0 Å². The van der Waals surface area contributed by atoms with Crippen molar-refractivity contribution < 1.29 is 0 Å². The lowest BCUT2D eigenvalue weighted by atomic mass is 10.0. The van der Waals surface area contributed by atoms with Gasteiger partial charge in [0.15, 0.2) is 0 Å². The first-order valence-corrected chi connectivity index (χ1v) is 7.62. The van der Waals surface area contributed by atoms with Crippen LogP contribution in [0.1, 0.15) is 97.8 Å². The monoisotopic (exact) mass is 243 g/mol.